The van der Waals surface area contributed by atoms with Crippen LogP contribution in [0.15, 0.2) is 0 Å². The highest BCUT2D eigenvalue weighted by molar-refractivity contribution is 6.80. The fourth-order valence-electron chi connectivity index (χ4n) is 3.41. The Morgan fingerprint density at radius 2 is 1.59 bits per heavy atom. The van der Waals surface area contributed by atoms with Crippen LogP contribution in [0.25, 0.3) is 0 Å². The lowest BCUT2D eigenvalue weighted by molar-refractivity contribution is -0.174. The SMILES string of the molecule is C[C@@H](O[Si](C)(C)C(C)(C)C)[C@]1(C)C(=O)N([Si](C)(C)C(C)(C)C)C1CC(=O)O. The Kier molecular flexibility index (Phi) is 6.31. The molecule has 0 radical (unpaired) electrons. The molecule has 0 aromatic rings. The minimum atomic E-state index is -2.17. The summed E-state index contributed by atoms with van der Waals surface area (Å²) in [4.78, 5) is 25.1. The highest BCUT2D eigenvalue weighted by Crippen LogP contribution is 2.53. The molecule has 1 saturated heterocycles. The molecule has 0 aliphatic carbocycles. The van der Waals surface area contributed by atoms with E-state index in [-0.39, 0.29) is 34.6 Å². The molecule has 1 aliphatic rings. The molecule has 27 heavy (non-hydrogen) atoms. The Balaban J connectivity index is 3.29. The van der Waals surface area contributed by atoms with E-state index in [2.05, 4.69) is 67.7 Å². The third-order valence-corrected chi connectivity index (χ3v) is 17.6. The highest BCUT2D eigenvalue weighted by Gasteiger charge is 2.66. The summed E-state index contributed by atoms with van der Waals surface area (Å²) in [6.45, 7) is 25.5. The quantitative estimate of drug-likeness (QED) is 0.484. The van der Waals surface area contributed by atoms with Crippen LogP contribution in [0, 0.1) is 5.41 Å². The molecular weight excluding hydrogens is 374 g/mol. The van der Waals surface area contributed by atoms with E-state index in [1.54, 1.807) is 0 Å². The van der Waals surface area contributed by atoms with E-state index in [1.807, 2.05) is 18.4 Å². The Bertz CT molecular complexity index is 604. The van der Waals surface area contributed by atoms with Crippen LogP contribution in [0.1, 0.15) is 61.8 Å². The van der Waals surface area contributed by atoms with Gasteiger partial charge in [-0.05, 0) is 37.0 Å². The van der Waals surface area contributed by atoms with Crippen molar-refractivity contribution in [2.45, 2.75) is 110 Å². The van der Waals surface area contributed by atoms with Gasteiger partial charge in [0.1, 0.15) is 0 Å². The molecule has 1 fully saturated rings. The van der Waals surface area contributed by atoms with E-state index in [0.29, 0.717) is 0 Å². The second-order valence-electron chi connectivity index (χ2n) is 11.4. The van der Waals surface area contributed by atoms with E-state index in [4.69, 9.17) is 4.43 Å². The highest BCUT2D eigenvalue weighted by atomic mass is 28.4. The van der Waals surface area contributed by atoms with Gasteiger partial charge < -0.3 is 14.1 Å². The molecule has 0 saturated carbocycles. The van der Waals surface area contributed by atoms with Gasteiger partial charge >= 0.3 is 5.97 Å². The summed E-state index contributed by atoms with van der Waals surface area (Å²) in [5, 5.41) is 9.54. The van der Waals surface area contributed by atoms with Crippen LogP contribution in [-0.2, 0) is 14.0 Å². The molecule has 1 aliphatic heterocycles. The predicted molar refractivity (Wildman–Crippen MR) is 116 cm³/mol. The largest absolute Gasteiger partial charge is 0.481 e. The van der Waals surface area contributed by atoms with Crippen molar-refractivity contribution in [3.05, 3.63) is 0 Å². The third kappa shape index (κ3) is 4.05. The monoisotopic (exact) mass is 415 g/mol. The maximum Gasteiger partial charge on any atom is 0.305 e. The predicted octanol–water partition coefficient (Wildman–Crippen LogP) is 5.09. The minimum Gasteiger partial charge on any atom is -0.481 e. The molecule has 1 unspecified atom stereocenters. The van der Waals surface area contributed by atoms with Crippen LogP contribution in [0.4, 0.5) is 0 Å². The van der Waals surface area contributed by atoms with Crippen molar-refractivity contribution in [3.8, 4) is 0 Å². The topological polar surface area (TPSA) is 66.8 Å². The molecule has 1 amide bonds. The lowest BCUT2D eigenvalue weighted by atomic mass is 9.69. The zero-order valence-electron chi connectivity index (χ0n) is 19.5. The number of carboxylic acid groups (broad SMARTS) is 1. The van der Waals surface area contributed by atoms with Crippen LogP contribution in [0.3, 0.4) is 0 Å². The van der Waals surface area contributed by atoms with E-state index in [1.165, 1.54) is 0 Å². The zero-order chi connectivity index (χ0) is 21.8. The van der Waals surface area contributed by atoms with Gasteiger partial charge in [-0.2, -0.15) is 0 Å². The first-order chi connectivity index (χ1) is 11.7. The Hall–Kier alpha value is -0.666. The van der Waals surface area contributed by atoms with Gasteiger partial charge in [0, 0.05) is 0 Å². The number of nitrogens with zero attached hydrogens (tertiary/aromatic N) is 1. The van der Waals surface area contributed by atoms with Crippen LogP contribution in [0.5, 0.6) is 0 Å². The summed E-state index contributed by atoms with van der Waals surface area (Å²) in [6, 6.07) is -0.317. The lowest BCUT2D eigenvalue weighted by Gasteiger charge is -2.64. The van der Waals surface area contributed by atoms with Crippen LogP contribution >= 0.6 is 0 Å². The van der Waals surface area contributed by atoms with Gasteiger partial charge in [-0.25, -0.2) is 0 Å². The standard InChI is InChI=1S/C20H41NO4Si2/c1-14(25-27(11,12)19(5,6)7)20(8)15(13-16(22)23)21(17(20)24)26(9,10)18(2,3)4/h14-15H,13H2,1-12H3,(H,22,23)/t14-,15?,20+/m1/s1. The van der Waals surface area contributed by atoms with Crippen molar-refractivity contribution in [3.63, 3.8) is 0 Å². The first-order valence-electron chi connectivity index (χ1n) is 9.94. The molecule has 1 N–H and O–H groups in total. The summed E-state index contributed by atoms with van der Waals surface area (Å²) in [5.41, 5.74) is -0.788. The molecular formula is C20H41NO4Si2. The van der Waals surface area contributed by atoms with Crippen molar-refractivity contribution in [1.29, 1.82) is 0 Å². The number of amides is 1. The second-order valence-corrected chi connectivity index (χ2v) is 21.3. The number of carbonyl (C=O) groups is 2. The number of hydrogen-bond donors (Lipinski definition) is 1. The van der Waals surface area contributed by atoms with Gasteiger partial charge in [-0.1, -0.05) is 54.6 Å². The van der Waals surface area contributed by atoms with Crippen molar-refractivity contribution < 1.29 is 19.1 Å². The third-order valence-electron chi connectivity index (χ3n) is 7.61. The van der Waals surface area contributed by atoms with Crippen molar-refractivity contribution in [1.82, 2.24) is 4.57 Å². The van der Waals surface area contributed by atoms with Gasteiger partial charge in [0.05, 0.1) is 24.0 Å². The fourth-order valence-corrected chi connectivity index (χ4v) is 7.50. The zero-order valence-corrected chi connectivity index (χ0v) is 21.5. The number of aliphatic carboxylic acids is 1. The first kappa shape index (κ1) is 24.4. The molecule has 0 bridgehead atoms. The Morgan fingerprint density at radius 1 is 1.15 bits per heavy atom. The van der Waals surface area contributed by atoms with E-state index < -0.39 is 27.9 Å². The van der Waals surface area contributed by atoms with E-state index in [0.717, 1.165) is 0 Å². The molecule has 0 spiro atoms. The maximum atomic E-state index is 13.4. The molecule has 5 nitrogen and oxygen atoms in total. The van der Waals surface area contributed by atoms with Crippen LogP contribution in [0.2, 0.25) is 36.3 Å². The van der Waals surface area contributed by atoms with Crippen molar-refractivity contribution >= 4 is 28.4 Å². The smallest absolute Gasteiger partial charge is 0.305 e. The molecule has 0 aromatic heterocycles. The van der Waals surface area contributed by atoms with Gasteiger partial charge in [-0.15, -0.1) is 0 Å². The van der Waals surface area contributed by atoms with Crippen molar-refractivity contribution in [2.75, 3.05) is 0 Å². The van der Waals surface area contributed by atoms with Crippen LogP contribution in [-0.4, -0.2) is 50.2 Å². The summed E-state index contributed by atoms with van der Waals surface area (Å²) in [7, 11) is -4.24. The second kappa shape index (κ2) is 6.99. The number of rotatable bonds is 6. The van der Waals surface area contributed by atoms with Gasteiger partial charge in [0.25, 0.3) is 0 Å². The first-order valence-corrected chi connectivity index (χ1v) is 15.8. The average Bonchev–Trinajstić information content (AvgIpc) is 2.42. The summed E-state index contributed by atoms with van der Waals surface area (Å²) in [6.07, 6.45) is -0.337. The van der Waals surface area contributed by atoms with Gasteiger partial charge in [-0.3, -0.25) is 9.59 Å². The molecule has 3 atom stereocenters. The van der Waals surface area contributed by atoms with Crippen LogP contribution < -0.4 is 0 Å². The number of β-lactam (4-membered cyclic amide) rings is 1. The van der Waals surface area contributed by atoms with Gasteiger partial charge in [0.2, 0.25) is 5.91 Å². The number of carboxylic acids is 1. The summed E-state index contributed by atoms with van der Waals surface area (Å²) in [5.74, 6) is -0.798. The molecule has 158 valence electrons. The average molecular weight is 416 g/mol. The maximum absolute atomic E-state index is 13.4. The van der Waals surface area contributed by atoms with Crippen molar-refractivity contribution in [2.24, 2.45) is 5.41 Å². The van der Waals surface area contributed by atoms with E-state index in [9.17, 15) is 14.7 Å². The lowest BCUT2D eigenvalue weighted by Crippen LogP contribution is -2.80. The fraction of sp³-hybridized carbons (Fsp3) is 0.900. The summed E-state index contributed by atoms with van der Waals surface area (Å²) < 4.78 is 8.49. The molecule has 1 heterocycles. The van der Waals surface area contributed by atoms with Gasteiger partial charge in [0.15, 0.2) is 16.6 Å². The molecule has 1 rings (SSSR count). The molecule has 7 heteroatoms. The minimum absolute atomic E-state index is 0.0278. The van der Waals surface area contributed by atoms with E-state index >= 15 is 0 Å². The Morgan fingerprint density at radius 3 is 1.93 bits per heavy atom. The normalized spacial score (nSPS) is 26.0. The Labute approximate surface area is 168 Å². The number of carbonyl (C=O) groups excluding carboxylic acids is 1. The summed E-state index contributed by atoms with van der Waals surface area (Å²) >= 11 is 0. The molecule has 0 aromatic carbocycles. The number of hydrogen-bond acceptors (Lipinski definition) is 3.